The molecule has 0 heterocycles. The van der Waals surface area contributed by atoms with Crippen molar-refractivity contribution in [2.24, 2.45) is 0 Å². The highest BCUT2D eigenvalue weighted by molar-refractivity contribution is 6.33. The molecule has 2 aromatic rings. The Labute approximate surface area is 106 Å². The van der Waals surface area contributed by atoms with E-state index in [1.165, 1.54) is 12.1 Å². The van der Waals surface area contributed by atoms with Gasteiger partial charge in [-0.15, -0.1) is 0 Å². The van der Waals surface area contributed by atoms with Crippen LogP contribution < -0.4 is 11.1 Å². The van der Waals surface area contributed by atoms with Crippen molar-refractivity contribution in [2.75, 3.05) is 11.1 Å². The number of halogens is 4. The van der Waals surface area contributed by atoms with Gasteiger partial charge in [0.1, 0.15) is 11.5 Å². The summed E-state index contributed by atoms with van der Waals surface area (Å²) in [6.07, 6.45) is 0. The van der Waals surface area contributed by atoms with Crippen molar-refractivity contribution in [3.05, 3.63) is 52.8 Å². The fourth-order valence-corrected chi connectivity index (χ4v) is 1.63. The van der Waals surface area contributed by atoms with Gasteiger partial charge in [0.05, 0.1) is 16.4 Å². The monoisotopic (exact) mass is 272 g/mol. The number of hydrogen-bond acceptors (Lipinski definition) is 2. The SMILES string of the molecule is Nc1ccc(F)c(F)c1Nc1ccc(F)cc1Cl. The van der Waals surface area contributed by atoms with Gasteiger partial charge in [-0.3, -0.25) is 0 Å². The van der Waals surface area contributed by atoms with E-state index in [1.54, 1.807) is 0 Å². The molecule has 0 radical (unpaired) electrons. The fraction of sp³-hybridized carbons (Fsp3) is 0. The Morgan fingerprint density at radius 1 is 1.06 bits per heavy atom. The summed E-state index contributed by atoms with van der Waals surface area (Å²) in [6, 6.07) is 5.64. The zero-order chi connectivity index (χ0) is 13.3. The highest BCUT2D eigenvalue weighted by Crippen LogP contribution is 2.31. The molecule has 0 saturated heterocycles. The molecule has 0 bridgehead atoms. The molecule has 0 amide bonds. The predicted octanol–water partition coefficient (Wildman–Crippen LogP) is 4.08. The average Bonchev–Trinajstić information content (AvgIpc) is 2.32. The minimum atomic E-state index is -1.12. The Kier molecular flexibility index (Phi) is 3.34. The maximum atomic E-state index is 13.5. The summed E-state index contributed by atoms with van der Waals surface area (Å²) in [5.74, 6) is -2.68. The van der Waals surface area contributed by atoms with Crippen LogP contribution in [0.15, 0.2) is 30.3 Å². The van der Waals surface area contributed by atoms with Gasteiger partial charge >= 0.3 is 0 Å². The van der Waals surface area contributed by atoms with Gasteiger partial charge in [0.2, 0.25) is 0 Å². The first kappa shape index (κ1) is 12.6. The first-order valence-corrected chi connectivity index (χ1v) is 5.32. The molecule has 0 aliphatic heterocycles. The van der Waals surface area contributed by atoms with Gasteiger partial charge in [-0.1, -0.05) is 11.6 Å². The number of benzene rings is 2. The van der Waals surface area contributed by atoms with E-state index < -0.39 is 17.5 Å². The third-order valence-electron chi connectivity index (χ3n) is 2.32. The van der Waals surface area contributed by atoms with E-state index in [0.29, 0.717) is 0 Å². The molecule has 0 aliphatic rings. The summed E-state index contributed by atoms with van der Waals surface area (Å²) in [4.78, 5) is 0. The molecule has 0 atom stereocenters. The van der Waals surface area contributed by atoms with E-state index >= 15 is 0 Å². The van der Waals surface area contributed by atoms with Crippen LogP contribution in [0.1, 0.15) is 0 Å². The van der Waals surface area contributed by atoms with E-state index in [4.69, 9.17) is 17.3 Å². The lowest BCUT2D eigenvalue weighted by Gasteiger charge is -2.12. The standard InChI is InChI=1S/C12H8ClF3N2/c13-7-5-6(14)1-4-10(7)18-12-9(17)3-2-8(15)11(12)16/h1-5,18H,17H2. The van der Waals surface area contributed by atoms with Crippen molar-refractivity contribution in [3.8, 4) is 0 Å². The van der Waals surface area contributed by atoms with Gasteiger partial charge in [0.25, 0.3) is 0 Å². The zero-order valence-electron chi connectivity index (χ0n) is 8.98. The summed E-state index contributed by atoms with van der Waals surface area (Å²) in [5, 5.41) is 2.58. The second-order valence-corrected chi connectivity index (χ2v) is 3.98. The molecule has 3 N–H and O–H groups in total. The molecule has 6 heteroatoms. The molecule has 0 aromatic heterocycles. The number of anilines is 3. The average molecular weight is 273 g/mol. The molecule has 0 unspecified atom stereocenters. The van der Waals surface area contributed by atoms with Gasteiger partial charge < -0.3 is 11.1 Å². The fourth-order valence-electron chi connectivity index (χ4n) is 1.42. The normalized spacial score (nSPS) is 10.4. The molecular weight excluding hydrogens is 265 g/mol. The van der Waals surface area contributed by atoms with E-state index in [1.807, 2.05) is 0 Å². The minimum absolute atomic E-state index is 0.0225. The van der Waals surface area contributed by atoms with Crippen LogP contribution in [0.2, 0.25) is 5.02 Å². The van der Waals surface area contributed by atoms with Crippen LogP contribution in [0, 0.1) is 17.5 Å². The molecule has 2 nitrogen and oxygen atoms in total. The molecule has 0 saturated carbocycles. The van der Waals surface area contributed by atoms with Gasteiger partial charge in [0, 0.05) is 0 Å². The van der Waals surface area contributed by atoms with E-state index in [-0.39, 0.29) is 22.1 Å². The predicted molar refractivity (Wildman–Crippen MR) is 65.5 cm³/mol. The Hall–Kier alpha value is -1.88. The number of hydrogen-bond donors (Lipinski definition) is 2. The lowest BCUT2D eigenvalue weighted by atomic mass is 10.2. The van der Waals surface area contributed by atoms with Crippen molar-refractivity contribution in [1.82, 2.24) is 0 Å². The van der Waals surface area contributed by atoms with Crippen LogP contribution in [-0.2, 0) is 0 Å². The van der Waals surface area contributed by atoms with E-state index in [9.17, 15) is 13.2 Å². The molecule has 18 heavy (non-hydrogen) atoms. The lowest BCUT2D eigenvalue weighted by Crippen LogP contribution is -2.02. The van der Waals surface area contributed by atoms with Crippen molar-refractivity contribution < 1.29 is 13.2 Å². The van der Waals surface area contributed by atoms with Crippen LogP contribution in [0.3, 0.4) is 0 Å². The molecular formula is C12H8ClF3N2. The summed E-state index contributed by atoms with van der Waals surface area (Å²) < 4.78 is 39.4. The highest BCUT2D eigenvalue weighted by atomic mass is 35.5. The maximum Gasteiger partial charge on any atom is 0.184 e. The van der Waals surface area contributed by atoms with E-state index in [2.05, 4.69) is 5.32 Å². The number of nitrogens with two attached hydrogens (primary N) is 1. The number of nitrogens with one attached hydrogen (secondary N) is 1. The van der Waals surface area contributed by atoms with Crippen LogP contribution in [0.4, 0.5) is 30.2 Å². The summed E-state index contributed by atoms with van der Waals surface area (Å²) in [5.41, 5.74) is 5.55. The van der Waals surface area contributed by atoms with Crippen LogP contribution >= 0.6 is 11.6 Å². The Balaban J connectivity index is 2.43. The number of rotatable bonds is 2. The Bertz CT molecular complexity index is 602. The molecule has 0 aliphatic carbocycles. The summed E-state index contributed by atoms with van der Waals surface area (Å²) in [7, 11) is 0. The lowest BCUT2D eigenvalue weighted by molar-refractivity contribution is 0.512. The Morgan fingerprint density at radius 3 is 2.44 bits per heavy atom. The first-order chi connectivity index (χ1) is 8.49. The van der Waals surface area contributed by atoms with Crippen molar-refractivity contribution in [1.29, 1.82) is 0 Å². The van der Waals surface area contributed by atoms with Crippen LogP contribution in [0.25, 0.3) is 0 Å². The molecule has 2 rings (SSSR count). The summed E-state index contributed by atoms with van der Waals surface area (Å²) >= 11 is 5.76. The van der Waals surface area contributed by atoms with Crippen molar-refractivity contribution >= 4 is 28.7 Å². The van der Waals surface area contributed by atoms with Crippen molar-refractivity contribution in [3.63, 3.8) is 0 Å². The van der Waals surface area contributed by atoms with Crippen LogP contribution in [0.5, 0.6) is 0 Å². The van der Waals surface area contributed by atoms with Crippen LogP contribution in [-0.4, -0.2) is 0 Å². The molecule has 0 spiro atoms. The summed E-state index contributed by atoms with van der Waals surface area (Å²) in [6.45, 7) is 0. The molecule has 2 aromatic carbocycles. The second-order valence-electron chi connectivity index (χ2n) is 3.57. The quantitative estimate of drug-likeness (QED) is 0.808. The van der Waals surface area contributed by atoms with Gasteiger partial charge in [-0.2, -0.15) is 0 Å². The number of nitrogen functional groups attached to an aromatic ring is 1. The van der Waals surface area contributed by atoms with Gasteiger partial charge in [0.15, 0.2) is 11.6 Å². The highest BCUT2D eigenvalue weighted by Gasteiger charge is 2.13. The van der Waals surface area contributed by atoms with Gasteiger partial charge in [-0.05, 0) is 30.3 Å². The van der Waals surface area contributed by atoms with Gasteiger partial charge in [-0.25, -0.2) is 13.2 Å². The first-order valence-electron chi connectivity index (χ1n) is 4.94. The largest absolute Gasteiger partial charge is 0.397 e. The van der Waals surface area contributed by atoms with E-state index in [0.717, 1.165) is 18.2 Å². The topological polar surface area (TPSA) is 38.0 Å². The smallest absolute Gasteiger partial charge is 0.184 e. The molecule has 0 fully saturated rings. The van der Waals surface area contributed by atoms with Crippen molar-refractivity contribution in [2.45, 2.75) is 0 Å². The Morgan fingerprint density at radius 2 is 1.78 bits per heavy atom. The minimum Gasteiger partial charge on any atom is -0.397 e. The second kappa shape index (κ2) is 4.78. The zero-order valence-corrected chi connectivity index (χ0v) is 9.73. The molecule has 94 valence electrons. The maximum absolute atomic E-state index is 13.5. The third-order valence-corrected chi connectivity index (χ3v) is 2.63. The third kappa shape index (κ3) is 2.36.